The van der Waals surface area contributed by atoms with Crippen LogP contribution in [0.1, 0.15) is 11.1 Å². The maximum absolute atomic E-state index is 12.3. The number of aromatic hydroxyl groups is 1. The molecule has 9 heteroatoms. The first-order valence-corrected chi connectivity index (χ1v) is 6.99. The number of methoxy groups -OCH3 is 1. The van der Waals surface area contributed by atoms with Gasteiger partial charge < -0.3 is 14.6 Å². The molecule has 0 spiro atoms. The lowest BCUT2D eigenvalue weighted by Gasteiger charge is -2.10. The number of ether oxygens (including phenoxy) is 2. The highest BCUT2D eigenvalue weighted by molar-refractivity contribution is 5.84. The number of hydrogen-bond donors (Lipinski definition) is 1. The van der Waals surface area contributed by atoms with Gasteiger partial charge in [-0.2, -0.15) is 8.78 Å². The fourth-order valence-electron chi connectivity index (χ4n) is 2.01. The maximum atomic E-state index is 12.3. The van der Waals surface area contributed by atoms with Crippen molar-refractivity contribution in [2.45, 2.75) is 13.2 Å². The Morgan fingerprint density at radius 3 is 2.68 bits per heavy atom. The van der Waals surface area contributed by atoms with Crippen molar-refractivity contribution < 1.29 is 28.3 Å². The number of halogens is 2. The average Bonchev–Trinajstić information content (AvgIpc) is 2.57. The normalized spacial score (nSPS) is 11.0. The number of phenols is 1. The van der Waals surface area contributed by atoms with Gasteiger partial charge in [0.05, 0.1) is 18.6 Å². The van der Waals surface area contributed by atoms with Gasteiger partial charge in [-0.3, -0.25) is 15.1 Å². The van der Waals surface area contributed by atoms with Crippen molar-refractivity contribution in [1.82, 2.24) is 0 Å². The minimum Gasteiger partial charge on any atom is -0.507 e. The first-order valence-electron chi connectivity index (χ1n) is 6.99. The summed E-state index contributed by atoms with van der Waals surface area (Å²) in [7, 11) is 1.32. The van der Waals surface area contributed by atoms with Gasteiger partial charge in [0, 0.05) is 23.9 Å². The van der Waals surface area contributed by atoms with Gasteiger partial charge in [-0.25, -0.2) is 0 Å². The number of nitrogens with zero attached hydrogens (tertiary/aromatic N) is 2. The van der Waals surface area contributed by atoms with Gasteiger partial charge in [0.2, 0.25) is 0 Å². The van der Waals surface area contributed by atoms with E-state index in [4.69, 9.17) is 4.74 Å². The SMILES string of the molecule is COc1cc(CN=Cc2cc([N+](=O)[O-])ccc2O)ccc1OC(F)F. The van der Waals surface area contributed by atoms with Crippen LogP contribution in [0, 0.1) is 10.1 Å². The van der Waals surface area contributed by atoms with Gasteiger partial charge in [0.15, 0.2) is 11.5 Å². The van der Waals surface area contributed by atoms with E-state index in [1.807, 2.05) is 0 Å². The molecule has 2 aromatic carbocycles. The van der Waals surface area contributed by atoms with E-state index in [0.717, 1.165) is 0 Å². The van der Waals surface area contributed by atoms with Crippen LogP contribution in [-0.2, 0) is 6.54 Å². The molecular formula is C16H14F2N2O5. The lowest BCUT2D eigenvalue weighted by Crippen LogP contribution is -2.03. The number of hydrogen-bond acceptors (Lipinski definition) is 6. The predicted octanol–water partition coefficient (Wildman–Crippen LogP) is 3.53. The molecule has 0 fully saturated rings. The highest BCUT2D eigenvalue weighted by Crippen LogP contribution is 2.29. The Labute approximate surface area is 141 Å². The van der Waals surface area contributed by atoms with Gasteiger partial charge in [-0.05, 0) is 23.8 Å². The predicted molar refractivity (Wildman–Crippen MR) is 85.7 cm³/mol. The standard InChI is InChI=1S/C16H14F2N2O5/c1-24-15-6-10(2-5-14(15)25-16(17)18)8-19-9-11-7-12(20(22)23)3-4-13(11)21/h2-7,9,16,21H,8H2,1H3. The largest absolute Gasteiger partial charge is 0.507 e. The molecule has 0 bridgehead atoms. The molecule has 0 unspecified atom stereocenters. The molecular weight excluding hydrogens is 338 g/mol. The fourth-order valence-corrected chi connectivity index (χ4v) is 2.01. The first kappa shape index (κ1) is 18.1. The van der Waals surface area contributed by atoms with Crippen LogP contribution in [-0.4, -0.2) is 30.0 Å². The number of alkyl halides is 2. The molecule has 2 rings (SSSR count). The molecule has 0 aromatic heterocycles. The molecule has 132 valence electrons. The molecule has 7 nitrogen and oxygen atoms in total. The summed E-state index contributed by atoms with van der Waals surface area (Å²) in [6, 6.07) is 7.94. The number of aliphatic imine (C=N–C) groups is 1. The molecule has 0 aliphatic rings. The van der Waals surface area contributed by atoms with Crippen molar-refractivity contribution in [3.05, 3.63) is 57.6 Å². The molecule has 0 atom stereocenters. The van der Waals surface area contributed by atoms with E-state index < -0.39 is 11.5 Å². The van der Waals surface area contributed by atoms with E-state index in [2.05, 4.69) is 9.73 Å². The summed E-state index contributed by atoms with van der Waals surface area (Å²) >= 11 is 0. The van der Waals surface area contributed by atoms with Gasteiger partial charge in [-0.15, -0.1) is 0 Å². The summed E-state index contributed by atoms with van der Waals surface area (Å²) in [5, 5.41) is 20.4. The van der Waals surface area contributed by atoms with Gasteiger partial charge in [0.25, 0.3) is 5.69 Å². The van der Waals surface area contributed by atoms with Crippen molar-refractivity contribution in [3.8, 4) is 17.2 Å². The Kier molecular flexibility index (Phi) is 5.83. The molecule has 0 saturated carbocycles. The minimum absolute atomic E-state index is 0.0958. The lowest BCUT2D eigenvalue weighted by atomic mass is 10.2. The number of benzene rings is 2. The van der Waals surface area contributed by atoms with E-state index in [1.54, 1.807) is 0 Å². The van der Waals surface area contributed by atoms with Crippen LogP contribution < -0.4 is 9.47 Å². The molecule has 0 saturated heterocycles. The van der Waals surface area contributed by atoms with Crippen molar-refractivity contribution in [1.29, 1.82) is 0 Å². The molecule has 25 heavy (non-hydrogen) atoms. The smallest absolute Gasteiger partial charge is 0.387 e. The Balaban J connectivity index is 2.14. The third-order valence-corrected chi connectivity index (χ3v) is 3.17. The summed E-state index contributed by atoms with van der Waals surface area (Å²) in [4.78, 5) is 14.2. The summed E-state index contributed by atoms with van der Waals surface area (Å²) in [5.74, 6) is -0.111. The second-order valence-corrected chi connectivity index (χ2v) is 4.83. The monoisotopic (exact) mass is 352 g/mol. The Morgan fingerprint density at radius 2 is 2.04 bits per heavy atom. The minimum atomic E-state index is -2.96. The van der Waals surface area contributed by atoms with Gasteiger partial charge >= 0.3 is 6.61 Å². The third kappa shape index (κ3) is 4.87. The fraction of sp³-hybridized carbons (Fsp3) is 0.188. The Morgan fingerprint density at radius 1 is 1.28 bits per heavy atom. The van der Waals surface area contributed by atoms with Crippen molar-refractivity contribution in [2.75, 3.05) is 7.11 Å². The second-order valence-electron chi connectivity index (χ2n) is 4.83. The first-order chi connectivity index (χ1) is 11.9. The molecule has 0 amide bonds. The molecule has 0 heterocycles. The maximum Gasteiger partial charge on any atom is 0.387 e. The van der Waals surface area contributed by atoms with E-state index >= 15 is 0 Å². The van der Waals surface area contributed by atoms with Crippen LogP contribution in [0.15, 0.2) is 41.4 Å². The van der Waals surface area contributed by atoms with Crippen molar-refractivity contribution >= 4 is 11.9 Å². The van der Waals surface area contributed by atoms with Crippen LogP contribution in [0.4, 0.5) is 14.5 Å². The zero-order valence-corrected chi connectivity index (χ0v) is 13.1. The van der Waals surface area contributed by atoms with E-state index in [9.17, 15) is 24.0 Å². The molecule has 0 aliphatic heterocycles. The molecule has 0 aliphatic carbocycles. The lowest BCUT2D eigenvalue weighted by molar-refractivity contribution is -0.384. The Bertz CT molecular complexity index is 796. The summed E-state index contributed by atoms with van der Waals surface area (Å²) in [6.07, 6.45) is 1.29. The molecule has 1 N–H and O–H groups in total. The van der Waals surface area contributed by atoms with Crippen LogP contribution in [0.3, 0.4) is 0 Å². The van der Waals surface area contributed by atoms with Crippen molar-refractivity contribution in [3.63, 3.8) is 0 Å². The van der Waals surface area contributed by atoms with Gasteiger partial charge in [-0.1, -0.05) is 6.07 Å². The van der Waals surface area contributed by atoms with Crippen LogP contribution in [0.5, 0.6) is 17.2 Å². The zero-order valence-electron chi connectivity index (χ0n) is 13.1. The van der Waals surface area contributed by atoms with Crippen LogP contribution in [0.25, 0.3) is 0 Å². The zero-order chi connectivity index (χ0) is 18.4. The average molecular weight is 352 g/mol. The summed E-state index contributed by atoms with van der Waals surface area (Å²) in [6.45, 7) is -2.82. The van der Waals surface area contributed by atoms with E-state index in [-0.39, 0.29) is 35.0 Å². The van der Waals surface area contributed by atoms with Gasteiger partial charge in [0.1, 0.15) is 5.75 Å². The number of nitro groups is 1. The van der Waals surface area contributed by atoms with Crippen LogP contribution in [0.2, 0.25) is 0 Å². The second kappa shape index (κ2) is 8.04. The highest BCUT2D eigenvalue weighted by atomic mass is 19.3. The topological polar surface area (TPSA) is 94.2 Å². The summed E-state index contributed by atoms with van der Waals surface area (Å²) in [5.41, 5.74) is 0.660. The quantitative estimate of drug-likeness (QED) is 0.467. The number of phenolic OH excluding ortho intramolecular Hbond substituents is 1. The number of nitro benzene ring substituents is 1. The molecule has 2 aromatic rings. The number of non-ortho nitro benzene ring substituents is 1. The number of rotatable bonds is 7. The van der Waals surface area contributed by atoms with Crippen molar-refractivity contribution in [2.24, 2.45) is 4.99 Å². The molecule has 0 radical (unpaired) electrons. The van der Waals surface area contributed by atoms with E-state index in [1.165, 1.54) is 49.7 Å². The summed E-state index contributed by atoms with van der Waals surface area (Å²) < 4.78 is 33.9. The Hall–Kier alpha value is -3.23. The highest BCUT2D eigenvalue weighted by Gasteiger charge is 2.11. The van der Waals surface area contributed by atoms with E-state index in [0.29, 0.717) is 5.56 Å². The third-order valence-electron chi connectivity index (χ3n) is 3.17. The van der Waals surface area contributed by atoms with Crippen LogP contribution >= 0.6 is 0 Å².